The van der Waals surface area contributed by atoms with Gasteiger partial charge >= 0.3 is 0 Å². The Bertz CT molecular complexity index is 1100. The van der Waals surface area contributed by atoms with Crippen molar-refractivity contribution in [1.82, 2.24) is 9.97 Å². The lowest BCUT2D eigenvalue weighted by Gasteiger charge is -2.16. The average molecular weight is 396 g/mol. The van der Waals surface area contributed by atoms with Crippen molar-refractivity contribution in [1.29, 1.82) is 0 Å². The molecule has 0 unspecified atom stereocenters. The summed E-state index contributed by atoms with van der Waals surface area (Å²) in [5.41, 5.74) is 2.00. The molecule has 6 nitrogen and oxygen atoms in total. The maximum Gasteiger partial charge on any atom is 0.258 e. The Hall–Kier alpha value is -4.19. The van der Waals surface area contributed by atoms with Crippen molar-refractivity contribution in [3.05, 3.63) is 103 Å². The number of hydrogen-bond acceptors (Lipinski definition) is 5. The van der Waals surface area contributed by atoms with E-state index in [1.165, 1.54) is 12.4 Å². The summed E-state index contributed by atoms with van der Waals surface area (Å²) in [6.07, 6.45) is 3.04. The minimum absolute atomic E-state index is 0.277. The zero-order valence-electron chi connectivity index (χ0n) is 16.4. The van der Waals surface area contributed by atoms with Gasteiger partial charge in [0.2, 0.25) is 5.95 Å². The van der Waals surface area contributed by atoms with E-state index in [0.717, 1.165) is 11.4 Å². The van der Waals surface area contributed by atoms with Crippen LogP contribution < -0.4 is 15.0 Å². The summed E-state index contributed by atoms with van der Waals surface area (Å²) in [5.74, 6) is 1.68. The van der Waals surface area contributed by atoms with Gasteiger partial charge in [0.1, 0.15) is 11.5 Å². The Morgan fingerprint density at radius 3 is 2.00 bits per heavy atom. The number of amides is 1. The molecule has 4 rings (SSSR count). The van der Waals surface area contributed by atoms with Crippen molar-refractivity contribution in [2.75, 3.05) is 17.3 Å². The number of ether oxygens (including phenoxy) is 1. The first-order valence-corrected chi connectivity index (χ1v) is 9.44. The second kappa shape index (κ2) is 8.87. The van der Waals surface area contributed by atoms with E-state index in [-0.39, 0.29) is 5.91 Å². The van der Waals surface area contributed by atoms with Crippen molar-refractivity contribution >= 4 is 23.2 Å². The number of aromatic nitrogens is 2. The van der Waals surface area contributed by atoms with E-state index in [2.05, 4.69) is 15.3 Å². The highest BCUT2D eigenvalue weighted by Gasteiger charge is 2.11. The SMILES string of the molecule is CN(c1ccccc1)c1ncc(C(=O)Nc2ccc(Oc3ccccc3)cc2)cn1. The molecule has 0 aliphatic rings. The van der Waals surface area contributed by atoms with Crippen LogP contribution in [0.4, 0.5) is 17.3 Å². The van der Waals surface area contributed by atoms with Gasteiger partial charge in [-0.15, -0.1) is 0 Å². The van der Waals surface area contributed by atoms with E-state index >= 15 is 0 Å². The summed E-state index contributed by atoms with van der Waals surface area (Å²) >= 11 is 0. The zero-order chi connectivity index (χ0) is 20.8. The van der Waals surface area contributed by atoms with Gasteiger partial charge in [0, 0.05) is 30.8 Å². The highest BCUT2D eigenvalue weighted by atomic mass is 16.5. The van der Waals surface area contributed by atoms with E-state index in [9.17, 15) is 4.79 Å². The number of rotatable bonds is 6. The fourth-order valence-corrected chi connectivity index (χ4v) is 2.81. The van der Waals surface area contributed by atoms with Gasteiger partial charge in [0.05, 0.1) is 5.56 Å². The molecule has 148 valence electrons. The predicted octanol–water partition coefficient (Wildman–Crippen LogP) is 5.29. The molecule has 0 saturated heterocycles. The van der Waals surface area contributed by atoms with E-state index < -0.39 is 0 Å². The number of nitrogens with zero attached hydrogens (tertiary/aromatic N) is 3. The van der Waals surface area contributed by atoms with Gasteiger partial charge in [-0.2, -0.15) is 0 Å². The first-order valence-electron chi connectivity index (χ1n) is 9.44. The summed E-state index contributed by atoms with van der Waals surface area (Å²) in [4.78, 5) is 23.0. The van der Waals surface area contributed by atoms with Crippen LogP contribution >= 0.6 is 0 Å². The normalized spacial score (nSPS) is 10.3. The van der Waals surface area contributed by atoms with Crippen molar-refractivity contribution in [3.8, 4) is 11.5 Å². The van der Waals surface area contributed by atoms with Gasteiger partial charge in [-0.05, 0) is 48.5 Å². The van der Waals surface area contributed by atoms with Crippen LogP contribution in [-0.2, 0) is 0 Å². The van der Waals surface area contributed by atoms with Crippen LogP contribution in [0.2, 0.25) is 0 Å². The van der Waals surface area contributed by atoms with Gasteiger partial charge in [0.15, 0.2) is 0 Å². The topological polar surface area (TPSA) is 67.4 Å². The zero-order valence-corrected chi connectivity index (χ0v) is 16.4. The first-order chi connectivity index (χ1) is 14.7. The third kappa shape index (κ3) is 4.62. The molecule has 1 aromatic heterocycles. The molecule has 0 fully saturated rings. The van der Waals surface area contributed by atoms with E-state index in [1.807, 2.05) is 72.6 Å². The van der Waals surface area contributed by atoms with Gasteiger partial charge in [-0.3, -0.25) is 4.79 Å². The Labute approximate surface area is 174 Å². The number of benzene rings is 3. The lowest BCUT2D eigenvalue weighted by atomic mass is 10.2. The fraction of sp³-hybridized carbons (Fsp3) is 0.0417. The monoisotopic (exact) mass is 396 g/mol. The molecule has 0 aliphatic carbocycles. The molecule has 6 heteroatoms. The molecule has 1 amide bonds. The van der Waals surface area contributed by atoms with Gasteiger partial charge in [-0.25, -0.2) is 9.97 Å². The Morgan fingerprint density at radius 1 is 0.800 bits per heavy atom. The van der Waals surface area contributed by atoms with Crippen LogP contribution in [0, 0.1) is 0 Å². The molecule has 1 N–H and O–H groups in total. The number of para-hydroxylation sites is 2. The van der Waals surface area contributed by atoms with Crippen LogP contribution in [0.1, 0.15) is 10.4 Å². The van der Waals surface area contributed by atoms with Crippen LogP contribution in [0.15, 0.2) is 97.3 Å². The number of nitrogens with one attached hydrogen (secondary N) is 1. The smallest absolute Gasteiger partial charge is 0.258 e. The molecule has 0 bridgehead atoms. The molecular formula is C24H20N4O2. The van der Waals surface area contributed by atoms with Crippen molar-refractivity contribution in [2.45, 2.75) is 0 Å². The number of carbonyl (C=O) groups excluding carboxylic acids is 1. The largest absolute Gasteiger partial charge is 0.457 e. The number of carbonyl (C=O) groups is 1. The highest BCUT2D eigenvalue weighted by molar-refractivity contribution is 6.03. The second-order valence-electron chi connectivity index (χ2n) is 6.56. The van der Waals surface area contributed by atoms with Crippen molar-refractivity contribution in [2.24, 2.45) is 0 Å². The van der Waals surface area contributed by atoms with E-state index in [0.29, 0.717) is 22.9 Å². The quantitative estimate of drug-likeness (QED) is 0.480. The first kappa shape index (κ1) is 19.1. The van der Waals surface area contributed by atoms with E-state index in [1.54, 1.807) is 24.3 Å². The van der Waals surface area contributed by atoms with Gasteiger partial charge < -0.3 is 15.0 Å². The number of hydrogen-bond donors (Lipinski definition) is 1. The van der Waals surface area contributed by atoms with Crippen LogP contribution in [0.25, 0.3) is 0 Å². The molecule has 3 aromatic carbocycles. The molecule has 0 radical (unpaired) electrons. The number of anilines is 3. The van der Waals surface area contributed by atoms with Crippen LogP contribution in [0.5, 0.6) is 11.5 Å². The Kier molecular flexibility index (Phi) is 5.66. The summed E-state index contributed by atoms with van der Waals surface area (Å²) in [7, 11) is 1.88. The molecule has 0 atom stereocenters. The van der Waals surface area contributed by atoms with Crippen molar-refractivity contribution < 1.29 is 9.53 Å². The maximum atomic E-state index is 12.5. The molecular weight excluding hydrogens is 376 g/mol. The minimum atomic E-state index is -0.277. The van der Waals surface area contributed by atoms with Gasteiger partial charge in [0.25, 0.3) is 5.91 Å². The standard InChI is InChI=1S/C24H20N4O2/c1-28(20-8-4-2-5-9-20)24-25-16-18(17-26-24)23(29)27-19-12-14-22(15-13-19)30-21-10-6-3-7-11-21/h2-17H,1H3,(H,27,29). The summed E-state index contributed by atoms with van der Waals surface area (Å²) < 4.78 is 5.76. The average Bonchev–Trinajstić information content (AvgIpc) is 2.81. The van der Waals surface area contributed by atoms with E-state index in [4.69, 9.17) is 4.74 Å². The predicted molar refractivity (Wildman–Crippen MR) is 117 cm³/mol. The molecule has 4 aromatic rings. The van der Waals surface area contributed by atoms with Crippen LogP contribution in [0.3, 0.4) is 0 Å². The Morgan fingerprint density at radius 2 is 1.37 bits per heavy atom. The molecule has 0 spiro atoms. The van der Waals surface area contributed by atoms with Gasteiger partial charge in [-0.1, -0.05) is 36.4 Å². The highest BCUT2D eigenvalue weighted by Crippen LogP contribution is 2.23. The lowest BCUT2D eigenvalue weighted by molar-refractivity contribution is 0.102. The fourth-order valence-electron chi connectivity index (χ4n) is 2.81. The molecule has 30 heavy (non-hydrogen) atoms. The van der Waals surface area contributed by atoms with Crippen LogP contribution in [-0.4, -0.2) is 22.9 Å². The Balaban J connectivity index is 1.39. The minimum Gasteiger partial charge on any atom is -0.457 e. The summed E-state index contributed by atoms with van der Waals surface area (Å²) in [6.45, 7) is 0. The molecule has 1 heterocycles. The third-order valence-electron chi connectivity index (χ3n) is 4.43. The third-order valence-corrected chi connectivity index (χ3v) is 4.43. The second-order valence-corrected chi connectivity index (χ2v) is 6.56. The summed E-state index contributed by atoms with van der Waals surface area (Å²) in [5, 5.41) is 2.84. The summed E-state index contributed by atoms with van der Waals surface area (Å²) in [6, 6.07) is 26.5. The lowest BCUT2D eigenvalue weighted by Crippen LogP contribution is -2.16. The molecule has 0 aliphatic heterocycles. The molecule has 0 saturated carbocycles. The van der Waals surface area contributed by atoms with Crippen molar-refractivity contribution in [3.63, 3.8) is 0 Å². The maximum absolute atomic E-state index is 12.5.